The topological polar surface area (TPSA) is 76.6 Å². The number of tetrazole rings is 1. The Morgan fingerprint density at radius 2 is 1.61 bits per heavy atom. The number of aromatic nitrogens is 5. The second kappa shape index (κ2) is 11.4. The van der Waals surface area contributed by atoms with E-state index in [4.69, 9.17) is 4.74 Å². The summed E-state index contributed by atoms with van der Waals surface area (Å²) >= 11 is 0. The number of ether oxygens (including phenoxy) is 1. The third-order valence-electron chi connectivity index (χ3n) is 6.20. The van der Waals surface area contributed by atoms with Gasteiger partial charge in [-0.3, -0.25) is 0 Å². The first-order chi connectivity index (χ1) is 17.7. The average Bonchev–Trinajstić information content (AvgIpc) is 3.45. The summed E-state index contributed by atoms with van der Waals surface area (Å²) in [6, 6.07) is 29.1. The van der Waals surface area contributed by atoms with E-state index in [1.165, 1.54) is 11.1 Å². The predicted octanol–water partition coefficient (Wildman–Crippen LogP) is 6.31. The van der Waals surface area contributed by atoms with E-state index in [-0.39, 0.29) is 0 Å². The second-order valence-electron chi connectivity index (χ2n) is 9.10. The van der Waals surface area contributed by atoms with Crippen molar-refractivity contribution in [3.63, 3.8) is 0 Å². The number of aromatic amines is 1. The van der Waals surface area contributed by atoms with Gasteiger partial charge in [0.15, 0.2) is 5.82 Å². The van der Waals surface area contributed by atoms with Crippen LogP contribution in [0.3, 0.4) is 0 Å². The summed E-state index contributed by atoms with van der Waals surface area (Å²) in [4.78, 5) is 4.67. The molecule has 0 radical (unpaired) electrons. The van der Waals surface area contributed by atoms with Gasteiger partial charge in [0.2, 0.25) is 0 Å². The normalized spacial score (nSPS) is 12.2. The molecule has 180 valence electrons. The number of hydrogen-bond acceptors (Lipinski definition) is 5. The molecule has 0 aliphatic heterocycles. The lowest BCUT2D eigenvalue weighted by Crippen LogP contribution is -2.02. The van der Waals surface area contributed by atoms with Crippen molar-refractivity contribution in [3.05, 3.63) is 113 Å². The molecule has 1 N–H and O–H groups in total. The summed E-state index contributed by atoms with van der Waals surface area (Å²) in [5, 5.41) is 15.3. The summed E-state index contributed by atoms with van der Waals surface area (Å²) < 4.78 is 5.94. The van der Waals surface area contributed by atoms with Crippen LogP contribution in [0.25, 0.3) is 23.1 Å². The summed E-state index contributed by atoms with van der Waals surface area (Å²) in [7, 11) is 0. The minimum Gasteiger partial charge on any atom is -0.487 e. The summed E-state index contributed by atoms with van der Waals surface area (Å²) in [5.41, 5.74) is 5.56. The fourth-order valence-electron chi connectivity index (χ4n) is 4.15. The van der Waals surface area contributed by atoms with Gasteiger partial charge in [-0.05, 0) is 59.7 Å². The molecule has 6 nitrogen and oxygen atoms in total. The standard InChI is InChI=1S/C30H29N5O/c1-22(6-19-30-32-34-35-33-30)20-25-11-9-23(10-12-25)7-8-24-13-17-28(18-14-24)36-21-27-16-15-26-4-2-3-5-29(26)31-27/h2-5,7-18,22H,6,19-21H2,1H3,(H,32,33,34,35)/b8-7+. The molecule has 0 saturated heterocycles. The molecule has 6 heteroatoms. The Balaban J connectivity index is 1.10. The summed E-state index contributed by atoms with van der Waals surface area (Å²) in [6.45, 7) is 2.71. The van der Waals surface area contributed by atoms with Crippen LogP contribution >= 0.6 is 0 Å². The van der Waals surface area contributed by atoms with Gasteiger partial charge in [-0.2, -0.15) is 5.21 Å². The first-order valence-electron chi connectivity index (χ1n) is 12.3. The number of aryl methyl sites for hydroxylation is 1. The molecule has 1 atom stereocenters. The molecule has 0 spiro atoms. The van der Waals surface area contributed by atoms with Gasteiger partial charge >= 0.3 is 0 Å². The number of para-hydroxylation sites is 1. The maximum Gasteiger partial charge on any atom is 0.174 e. The minimum absolute atomic E-state index is 0.447. The van der Waals surface area contributed by atoms with Crippen LogP contribution in [0.2, 0.25) is 0 Å². The van der Waals surface area contributed by atoms with Crippen LogP contribution in [-0.4, -0.2) is 25.6 Å². The van der Waals surface area contributed by atoms with Gasteiger partial charge in [-0.25, -0.2) is 4.98 Å². The van der Waals surface area contributed by atoms with Crippen LogP contribution in [0.4, 0.5) is 0 Å². The fourth-order valence-corrected chi connectivity index (χ4v) is 4.15. The largest absolute Gasteiger partial charge is 0.487 e. The van der Waals surface area contributed by atoms with Crippen molar-refractivity contribution >= 4 is 23.1 Å². The van der Waals surface area contributed by atoms with E-state index in [0.717, 1.165) is 53.0 Å². The highest BCUT2D eigenvalue weighted by Gasteiger charge is 2.07. The van der Waals surface area contributed by atoms with Crippen molar-refractivity contribution in [1.82, 2.24) is 25.6 Å². The van der Waals surface area contributed by atoms with E-state index in [1.54, 1.807) is 0 Å². The lowest BCUT2D eigenvalue weighted by atomic mass is 9.96. The highest BCUT2D eigenvalue weighted by molar-refractivity contribution is 5.78. The zero-order valence-electron chi connectivity index (χ0n) is 20.3. The number of H-pyrrole nitrogens is 1. The number of fused-ring (bicyclic) bond motifs is 1. The van der Waals surface area contributed by atoms with E-state index < -0.39 is 0 Å². The Kier molecular flexibility index (Phi) is 7.42. The molecule has 0 saturated carbocycles. The van der Waals surface area contributed by atoms with Gasteiger partial charge in [0.05, 0.1) is 11.2 Å². The Labute approximate surface area is 211 Å². The first kappa shape index (κ1) is 23.4. The van der Waals surface area contributed by atoms with Crippen molar-refractivity contribution in [2.75, 3.05) is 0 Å². The molecule has 5 rings (SSSR count). The molecule has 0 aliphatic carbocycles. The zero-order valence-corrected chi connectivity index (χ0v) is 20.3. The maximum absolute atomic E-state index is 5.94. The lowest BCUT2D eigenvalue weighted by Gasteiger charge is -2.10. The van der Waals surface area contributed by atoms with Crippen molar-refractivity contribution in [2.24, 2.45) is 5.92 Å². The summed E-state index contributed by atoms with van der Waals surface area (Å²) in [6.07, 6.45) is 7.19. The highest BCUT2D eigenvalue weighted by atomic mass is 16.5. The molecule has 1 unspecified atom stereocenters. The molecule has 2 heterocycles. The molecule has 0 fully saturated rings. The molecule has 3 aromatic carbocycles. The Morgan fingerprint density at radius 3 is 2.36 bits per heavy atom. The van der Waals surface area contributed by atoms with Crippen molar-refractivity contribution in [2.45, 2.75) is 32.8 Å². The summed E-state index contributed by atoms with van der Waals surface area (Å²) in [5.74, 6) is 2.17. The van der Waals surface area contributed by atoms with E-state index in [9.17, 15) is 0 Å². The molecule has 2 aromatic heterocycles. The highest BCUT2D eigenvalue weighted by Crippen LogP contribution is 2.19. The van der Waals surface area contributed by atoms with E-state index in [1.807, 2.05) is 36.4 Å². The number of nitrogens with zero attached hydrogens (tertiary/aromatic N) is 4. The fraction of sp³-hybridized carbons (Fsp3) is 0.200. The number of benzene rings is 3. The van der Waals surface area contributed by atoms with E-state index in [2.05, 4.69) is 93.2 Å². The molecule has 0 bridgehead atoms. The molecule has 36 heavy (non-hydrogen) atoms. The number of hydrogen-bond donors (Lipinski definition) is 1. The third kappa shape index (κ3) is 6.42. The van der Waals surface area contributed by atoms with E-state index >= 15 is 0 Å². The van der Waals surface area contributed by atoms with Crippen LogP contribution < -0.4 is 4.74 Å². The third-order valence-corrected chi connectivity index (χ3v) is 6.20. The van der Waals surface area contributed by atoms with Crippen LogP contribution in [0.5, 0.6) is 5.75 Å². The smallest absolute Gasteiger partial charge is 0.174 e. The number of rotatable bonds is 10. The number of pyridine rings is 1. The Bertz CT molecular complexity index is 1410. The lowest BCUT2D eigenvalue weighted by molar-refractivity contribution is 0.302. The first-order valence-corrected chi connectivity index (χ1v) is 12.3. The van der Waals surface area contributed by atoms with Gasteiger partial charge < -0.3 is 4.74 Å². The zero-order chi connectivity index (χ0) is 24.6. The molecular formula is C30H29N5O. The molecule has 0 aliphatic rings. The maximum atomic E-state index is 5.94. The van der Waals surface area contributed by atoms with Crippen LogP contribution in [0, 0.1) is 5.92 Å². The van der Waals surface area contributed by atoms with Crippen molar-refractivity contribution in [1.29, 1.82) is 0 Å². The van der Waals surface area contributed by atoms with Gasteiger partial charge in [-0.15, -0.1) is 10.2 Å². The van der Waals surface area contributed by atoms with Crippen molar-refractivity contribution < 1.29 is 4.74 Å². The SMILES string of the molecule is CC(CCc1nn[nH]n1)Cc1ccc(/C=C/c2ccc(OCc3ccc4ccccc4n3)cc2)cc1. The van der Waals surface area contributed by atoms with Gasteiger partial charge in [0, 0.05) is 11.8 Å². The van der Waals surface area contributed by atoms with Crippen LogP contribution in [0.15, 0.2) is 84.9 Å². The monoisotopic (exact) mass is 475 g/mol. The molecule has 0 amide bonds. The molecule has 5 aromatic rings. The Morgan fingerprint density at radius 1 is 0.861 bits per heavy atom. The van der Waals surface area contributed by atoms with Gasteiger partial charge in [0.1, 0.15) is 12.4 Å². The van der Waals surface area contributed by atoms with Crippen LogP contribution in [0.1, 0.15) is 41.6 Å². The number of nitrogens with one attached hydrogen (secondary N) is 1. The van der Waals surface area contributed by atoms with Crippen LogP contribution in [-0.2, 0) is 19.4 Å². The molecular weight excluding hydrogens is 446 g/mol. The average molecular weight is 476 g/mol. The van der Waals surface area contributed by atoms with Crippen molar-refractivity contribution in [3.8, 4) is 5.75 Å². The predicted molar refractivity (Wildman–Crippen MR) is 143 cm³/mol. The second-order valence-corrected chi connectivity index (χ2v) is 9.10. The van der Waals surface area contributed by atoms with Gasteiger partial charge in [0.25, 0.3) is 0 Å². The minimum atomic E-state index is 0.447. The Hall–Kier alpha value is -4.32. The quantitative estimate of drug-likeness (QED) is 0.240. The van der Waals surface area contributed by atoms with E-state index in [0.29, 0.717) is 12.5 Å². The van der Waals surface area contributed by atoms with Gasteiger partial charge in [-0.1, -0.05) is 85.0 Å².